The van der Waals surface area contributed by atoms with E-state index in [2.05, 4.69) is 30.3 Å². The maximum atomic E-state index is 12.9. The van der Waals surface area contributed by atoms with Crippen molar-refractivity contribution < 1.29 is 32.6 Å². The summed E-state index contributed by atoms with van der Waals surface area (Å²) in [6.45, 7) is 0.0676. The van der Waals surface area contributed by atoms with Crippen molar-refractivity contribution >= 4 is 50.2 Å². The van der Waals surface area contributed by atoms with Crippen LogP contribution in [0.1, 0.15) is 26.4 Å². The Bertz CT molecular complexity index is 1660. The van der Waals surface area contributed by atoms with E-state index in [1.54, 1.807) is 18.2 Å². The van der Waals surface area contributed by atoms with Crippen molar-refractivity contribution in [3.8, 4) is 5.75 Å². The third-order valence-corrected chi connectivity index (χ3v) is 6.85. The lowest BCUT2D eigenvalue weighted by atomic mass is 10.1. The summed E-state index contributed by atoms with van der Waals surface area (Å²) in [6, 6.07) is 9.83. The molecule has 0 saturated carbocycles. The van der Waals surface area contributed by atoms with Gasteiger partial charge >= 0.3 is 5.97 Å². The fourth-order valence-corrected chi connectivity index (χ4v) is 4.73. The van der Waals surface area contributed by atoms with Gasteiger partial charge in [-0.2, -0.15) is 0 Å². The van der Waals surface area contributed by atoms with Gasteiger partial charge in [0.05, 0.1) is 27.4 Å². The van der Waals surface area contributed by atoms with Gasteiger partial charge in [-0.05, 0) is 42.0 Å². The number of aromatic carboxylic acids is 1. The lowest BCUT2D eigenvalue weighted by molar-refractivity contribution is -0.118. The van der Waals surface area contributed by atoms with Crippen LogP contribution in [0.4, 0.5) is 11.4 Å². The molecule has 5 N–H and O–H groups in total. The van der Waals surface area contributed by atoms with Crippen LogP contribution < -0.4 is 20.1 Å². The fraction of sp³-hybridized carbons (Fsp3) is 0.0870. The molecule has 4 aromatic rings. The number of carbonyl (C=O) groups excluding carboxylic acids is 2. The van der Waals surface area contributed by atoms with Gasteiger partial charge < -0.3 is 25.5 Å². The van der Waals surface area contributed by atoms with E-state index in [1.807, 2.05) is 0 Å². The highest BCUT2D eigenvalue weighted by atomic mass is 32.2. The van der Waals surface area contributed by atoms with E-state index in [9.17, 15) is 22.8 Å². The number of nitrogens with one attached hydrogen (secondary N) is 4. The Hall–Kier alpha value is -4.98. The molecule has 37 heavy (non-hydrogen) atoms. The first kappa shape index (κ1) is 23.7. The van der Waals surface area contributed by atoms with E-state index < -0.39 is 21.9 Å². The maximum absolute atomic E-state index is 12.9. The number of carbonyl (C=O) groups is 3. The van der Waals surface area contributed by atoms with E-state index in [-0.39, 0.29) is 51.9 Å². The predicted molar refractivity (Wildman–Crippen MR) is 130 cm³/mol. The molecule has 0 radical (unpaired) electrons. The number of hydrogen-bond acceptors (Lipinski definition) is 8. The number of sulfonamides is 1. The van der Waals surface area contributed by atoms with E-state index in [0.29, 0.717) is 17.0 Å². The summed E-state index contributed by atoms with van der Waals surface area (Å²) in [4.78, 5) is 46.2. The molecule has 2 aromatic carbocycles. The summed E-state index contributed by atoms with van der Waals surface area (Å²) < 4.78 is 33.3. The van der Waals surface area contributed by atoms with Crippen LogP contribution in [-0.4, -0.2) is 52.9 Å². The molecule has 1 aliphatic rings. The van der Waals surface area contributed by atoms with Gasteiger partial charge in [-0.3, -0.25) is 14.3 Å². The lowest BCUT2D eigenvalue weighted by Crippen LogP contribution is -2.26. The highest BCUT2D eigenvalue weighted by Crippen LogP contribution is 2.29. The normalized spacial score (nSPS) is 12.8. The Morgan fingerprint density at radius 2 is 1.89 bits per heavy atom. The molecule has 2 amide bonds. The third-order valence-electron chi connectivity index (χ3n) is 5.46. The molecule has 0 aliphatic carbocycles. The summed E-state index contributed by atoms with van der Waals surface area (Å²) in [5.41, 5.74) is 1.62. The summed E-state index contributed by atoms with van der Waals surface area (Å²) in [6.07, 6.45) is 2.47. The summed E-state index contributed by atoms with van der Waals surface area (Å²) in [5, 5.41) is 14.4. The van der Waals surface area contributed by atoms with Gasteiger partial charge in [0.15, 0.2) is 12.3 Å². The smallest absolute Gasteiger partial charge is 0.335 e. The molecular weight excluding hydrogens is 504 g/mol. The Balaban J connectivity index is 1.33. The second-order valence-electron chi connectivity index (χ2n) is 7.93. The van der Waals surface area contributed by atoms with E-state index in [0.717, 1.165) is 6.33 Å². The highest BCUT2D eigenvalue weighted by molar-refractivity contribution is 7.92. The van der Waals surface area contributed by atoms with Crippen molar-refractivity contribution in [2.45, 2.75) is 11.4 Å². The second kappa shape index (κ2) is 9.23. The molecule has 0 saturated heterocycles. The first-order chi connectivity index (χ1) is 17.7. The number of carboxylic acids is 1. The van der Waals surface area contributed by atoms with Crippen LogP contribution in [0.5, 0.6) is 5.75 Å². The molecule has 2 aromatic heterocycles. The van der Waals surface area contributed by atoms with Crippen molar-refractivity contribution in [3.05, 3.63) is 71.8 Å². The van der Waals surface area contributed by atoms with E-state index in [4.69, 9.17) is 9.84 Å². The minimum Gasteiger partial charge on any atom is -0.482 e. The Morgan fingerprint density at radius 3 is 2.65 bits per heavy atom. The van der Waals surface area contributed by atoms with Gasteiger partial charge in [0.2, 0.25) is 0 Å². The molecular formula is C23H18N6O7S. The van der Waals surface area contributed by atoms with Crippen LogP contribution in [0.15, 0.2) is 59.9 Å². The van der Waals surface area contributed by atoms with Crippen LogP contribution in [0, 0.1) is 0 Å². The van der Waals surface area contributed by atoms with Crippen LogP contribution >= 0.6 is 0 Å². The Kier molecular flexibility index (Phi) is 5.93. The van der Waals surface area contributed by atoms with E-state index in [1.165, 1.54) is 30.5 Å². The topological polar surface area (TPSA) is 192 Å². The molecule has 0 unspecified atom stereocenters. The molecule has 13 nitrogen and oxygen atoms in total. The Labute approximate surface area is 208 Å². The molecule has 0 atom stereocenters. The van der Waals surface area contributed by atoms with Gasteiger partial charge in [-0.1, -0.05) is 6.07 Å². The zero-order valence-corrected chi connectivity index (χ0v) is 19.6. The summed E-state index contributed by atoms with van der Waals surface area (Å²) in [5.74, 6) is -1.45. The summed E-state index contributed by atoms with van der Waals surface area (Å²) in [7, 11) is -4.07. The maximum Gasteiger partial charge on any atom is 0.335 e. The van der Waals surface area contributed by atoms with Gasteiger partial charge in [-0.25, -0.2) is 23.2 Å². The molecule has 14 heteroatoms. The number of ether oxygens (including phenoxy) is 1. The number of benzene rings is 2. The van der Waals surface area contributed by atoms with Crippen molar-refractivity contribution in [3.63, 3.8) is 0 Å². The van der Waals surface area contributed by atoms with Gasteiger partial charge in [0, 0.05) is 12.7 Å². The third kappa shape index (κ3) is 4.77. The van der Waals surface area contributed by atoms with Crippen molar-refractivity contribution in [2.24, 2.45) is 0 Å². The quantitative estimate of drug-likeness (QED) is 0.240. The first-order valence-electron chi connectivity index (χ1n) is 10.7. The first-order valence-corrected chi connectivity index (χ1v) is 12.2. The minimum atomic E-state index is -4.07. The summed E-state index contributed by atoms with van der Waals surface area (Å²) >= 11 is 0. The van der Waals surface area contributed by atoms with Crippen LogP contribution in [0.3, 0.4) is 0 Å². The van der Waals surface area contributed by atoms with Crippen LogP contribution in [0.25, 0.3) is 11.0 Å². The number of H-pyrrole nitrogens is 1. The van der Waals surface area contributed by atoms with Crippen LogP contribution in [-0.2, 0) is 21.4 Å². The minimum absolute atomic E-state index is 0.00384. The molecule has 5 rings (SSSR count). The number of nitrogens with zero attached hydrogens (tertiary/aromatic N) is 2. The predicted octanol–water partition coefficient (Wildman–Crippen LogP) is 1.72. The van der Waals surface area contributed by atoms with Crippen molar-refractivity contribution in [1.82, 2.24) is 20.3 Å². The number of aromatic nitrogens is 3. The van der Waals surface area contributed by atoms with Crippen molar-refractivity contribution in [1.29, 1.82) is 0 Å². The Morgan fingerprint density at radius 1 is 1.11 bits per heavy atom. The molecule has 3 heterocycles. The molecule has 0 fully saturated rings. The number of amides is 2. The van der Waals surface area contributed by atoms with Gasteiger partial charge in [0.1, 0.15) is 17.6 Å². The monoisotopic (exact) mass is 522 g/mol. The molecule has 1 aliphatic heterocycles. The number of aromatic amines is 1. The SMILES string of the molecule is O=C1COc2ccc(CNC(=O)c3ncnc4c(NS(=O)(=O)c5ccc(C(=O)O)cc5)c[nH]c34)cc2N1. The highest BCUT2D eigenvalue weighted by Gasteiger charge is 2.21. The number of anilines is 2. The zero-order valence-electron chi connectivity index (χ0n) is 18.8. The molecule has 0 spiro atoms. The van der Waals surface area contributed by atoms with E-state index >= 15 is 0 Å². The second-order valence-corrected chi connectivity index (χ2v) is 9.62. The number of carboxylic acid groups (broad SMARTS) is 1. The molecule has 188 valence electrons. The average Bonchev–Trinajstić information content (AvgIpc) is 3.29. The van der Waals surface area contributed by atoms with Gasteiger partial charge in [0.25, 0.3) is 21.8 Å². The van der Waals surface area contributed by atoms with Gasteiger partial charge in [-0.15, -0.1) is 0 Å². The number of rotatable bonds is 7. The average molecular weight is 522 g/mol. The number of fused-ring (bicyclic) bond motifs is 2. The zero-order chi connectivity index (χ0) is 26.2. The fourth-order valence-electron chi connectivity index (χ4n) is 3.68. The molecule has 0 bridgehead atoms. The lowest BCUT2D eigenvalue weighted by Gasteiger charge is -2.18. The van der Waals surface area contributed by atoms with Crippen molar-refractivity contribution in [2.75, 3.05) is 16.6 Å². The largest absolute Gasteiger partial charge is 0.482 e. The number of hydrogen-bond donors (Lipinski definition) is 5. The standard InChI is InChI=1S/C23H18N6O7S/c30-18-10-36-17-6-1-12(7-15(17)28-18)8-25-22(31)21-20-19(26-11-27-21)16(9-24-20)29-37(34,35)14-4-2-13(3-5-14)23(32)33/h1-7,9,11,24,29H,8,10H2,(H,25,31)(H,28,30)(H,32,33). The van der Waals surface area contributed by atoms with Crippen LogP contribution in [0.2, 0.25) is 0 Å².